The minimum absolute atomic E-state index is 0.0369. The summed E-state index contributed by atoms with van der Waals surface area (Å²) >= 11 is 0. The lowest BCUT2D eigenvalue weighted by Crippen LogP contribution is -2.55. The van der Waals surface area contributed by atoms with E-state index in [0.717, 1.165) is 32.1 Å². The molecule has 4 nitrogen and oxygen atoms in total. The summed E-state index contributed by atoms with van der Waals surface area (Å²) in [5, 5.41) is 3.00. The molecule has 0 aromatic carbocycles. The summed E-state index contributed by atoms with van der Waals surface area (Å²) in [5.74, 6) is 0.334. The predicted octanol–water partition coefficient (Wildman–Crippen LogP) is 2.02. The van der Waals surface area contributed by atoms with Crippen LogP contribution < -0.4 is 5.32 Å². The Morgan fingerprint density at radius 1 is 1.17 bits per heavy atom. The van der Waals surface area contributed by atoms with E-state index < -0.39 is 5.54 Å². The highest BCUT2D eigenvalue weighted by molar-refractivity contribution is 5.90. The molecule has 0 aromatic rings. The predicted molar refractivity (Wildman–Crippen MR) is 67.9 cm³/mol. The van der Waals surface area contributed by atoms with Gasteiger partial charge in [0.15, 0.2) is 0 Å². The van der Waals surface area contributed by atoms with Gasteiger partial charge in [0, 0.05) is 5.92 Å². The molecule has 2 saturated carbocycles. The second-order valence-electron chi connectivity index (χ2n) is 5.80. The first-order chi connectivity index (χ1) is 8.59. The summed E-state index contributed by atoms with van der Waals surface area (Å²) in [6.07, 6.45) is 6.61. The average Bonchev–Trinajstić information content (AvgIpc) is 3.12. The number of esters is 1. The quantitative estimate of drug-likeness (QED) is 0.618. The lowest BCUT2D eigenvalue weighted by Gasteiger charge is -2.31. The third-order valence-corrected chi connectivity index (χ3v) is 4.34. The highest BCUT2D eigenvalue weighted by Gasteiger charge is 2.46. The van der Waals surface area contributed by atoms with Crippen LogP contribution in [-0.4, -0.2) is 24.5 Å². The maximum atomic E-state index is 12.1. The van der Waals surface area contributed by atoms with Crippen molar-refractivity contribution >= 4 is 11.9 Å². The zero-order chi connectivity index (χ0) is 13.2. The van der Waals surface area contributed by atoms with Crippen molar-refractivity contribution in [3.8, 4) is 0 Å². The van der Waals surface area contributed by atoms with Gasteiger partial charge in [-0.1, -0.05) is 32.6 Å². The molecule has 2 fully saturated rings. The monoisotopic (exact) mass is 253 g/mol. The second kappa shape index (κ2) is 5.29. The van der Waals surface area contributed by atoms with Crippen molar-refractivity contribution in [2.45, 2.75) is 57.4 Å². The highest BCUT2D eigenvalue weighted by Crippen LogP contribution is 2.39. The van der Waals surface area contributed by atoms with Crippen LogP contribution in [0.15, 0.2) is 0 Å². The molecular formula is C14H23NO3. The molecule has 102 valence electrons. The Labute approximate surface area is 108 Å². The summed E-state index contributed by atoms with van der Waals surface area (Å²) in [6.45, 7) is 2.07. The number of carbonyl (C=O) groups is 2. The molecule has 4 heteroatoms. The third-order valence-electron chi connectivity index (χ3n) is 4.34. The largest absolute Gasteiger partial charge is 0.467 e. The van der Waals surface area contributed by atoms with Crippen molar-refractivity contribution in [1.82, 2.24) is 5.32 Å². The van der Waals surface area contributed by atoms with Crippen LogP contribution in [0.5, 0.6) is 0 Å². The van der Waals surface area contributed by atoms with E-state index in [-0.39, 0.29) is 17.8 Å². The van der Waals surface area contributed by atoms with E-state index in [1.807, 2.05) is 0 Å². The maximum Gasteiger partial charge on any atom is 0.331 e. The number of methoxy groups -OCH3 is 1. The van der Waals surface area contributed by atoms with E-state index in [0.29, 0.717) is 18.8 Å². The van der Waals surface area contributed by atoms with Gasteiger partial charge in [-0.05, 0) is 25.2 Å². The van der Waals surface area contributed by atoms with Crippen LogP contribution in [-0.2, 0) is 14.3 Å². The number of amides is 1. The van der Waals surface area contributed by atoms with Crippen molar-refractivity contribution in [2.75, 3.05) is 7.11 Å². The Morgan fingerprint density at radius 2 is 1.72 bits per heavy atom. The van der Waals surface area contributed by atoms with E-state index in [2.05, 4.69) is 12.2 Å². The Balaban J connectivity index is 2.08. The van der Waals surface area contributed by atoms with Crippen molar-refractivity contribution in [1.29, 1.82) is 0 Å². The van der Waals surface area contributed by atoms with Crippen LogP contribution in [0.1, 0.15) is 51.9 Å². The molecule has 1 amide bonds. The molecule has 0 bridgehead atoms. The molecular weight excluding hydrogens is 230 g/mol. The van der Waals surface area contributed by atoms with Crippen LogP contribution in [0.25, 0.3) is 0 Å². The standard InChI is InChI=1S/C14H23NO3/c1-10-9-11(10)12(16)15-14(13(17)18-2)7-5-3-4-6-8-14/h10-11H,3-9H2,1-2H3,(H,15,16)/t10-,11+/m0/s1. The van der Waals surface area contributed by atoms with Crippen LogP contribution in [0.4, 0.5) is 0 Å². The Kier molecular flexibility index (Phi) is 3.93. The van der Waals surface area contributed by atoms with Crippen LogP contribution in [0.3, 0.4) is 0 Å². The van der Waals surface area contributed by atoms with Crippen LogP contribution in [0.2, 0.25) is 0 Å². The molecule has 18 heavy (non-hydrogen) atoms. The van der Waals surface area contributed by atoms with Crippen LogP contribution >= 0.6 is 0 Å². The normalized spacial score (nSPS) is 30.1. The molecule has 2 aliphatic rings. The number of hydrogen-bond donors (Lipinski definition) is 1. The fourth-order valence-electron chi connectivity index (χ4n) is 2.92. The van der Waals surface area contributed by atoms with Gasteiger partial charge in [0.2, 0.25) is 5.91 Å². The fraction of sp³-hybridized carbons (Fsp3) is 0.857. The van der Waals surface area contributed by atoms with Gasteiger partial charge >= 0.3 is 5.97 Å². The fourth-order valence-corrected chi connectivity index (χ4v) is 2.92. The van der Waals surface area contributed by atoms with Gasteiger partial charge in [-0.2, -0.15) is 0 Å². The molecule has 1 N–H and O–H groups in total. The number of nitrogens with one attached hydrogen (secondary N) is 1. The molecule has 0 aromatic heterocycles. The summed E-state index contributed by atoms with van der Waals surface area (Å²) in [6, 6.07) is 0. The highest BCUT2D eigenvalue weighted by atomic mass is 16.5. The number of rotatable bonds is 3. The smallest absolute Gasteiger partial charge is 0.331 e. The lowest BCUT2D eigenvalue weighted by atomic mass is 9.89. The zero-order valence-corrected chi connectivity index (χ0v) is 11.3. The minimum atomic E-state index is -0.759. The summed E-state index contributed by atoms with van der Waals surface area (Å²) in [7, 11) is 1.40. The van der Waals surface area contributed by atoms with E-state index in [1.54, 1.807) is 0 Å². The Morgan fingerprint density at radius 3 is 2.17 bits per heavy atom. The first kappa shape index (κ1) is 13.4. The first-order valence-corrected chi connectivity index (χ1v) is 6.99. The van der Waals surface area contributed by atoms with Gasteiger partial charge in [-0.15, -0.1) is 0 Å². The second-order valence-corrected chi connectivity index (χ2v) is 5.80. The SMILES string of the molecule is COC(=O)C1(NC(=O)[C@@H]2C[C@@H]2C)CCCCCC1. The summed E-state index contributed by atoms with van der Waals surface area (Å²) < 4.78 is 4.92. The van der Waals surface area contributed by atoms with Crippen molar-refractivity contribution in [3.05, 3.63) is 0 Å². The van der Waals surface area contributed by atoms with Gasteiger partial charge in [-0.3, -0.25) is 4.79 Å². The summed E-state index contributed by atoms with van der Waals surface area (Å²) in [5.41, 5.74) is -0.759. The van der Waals surface area contributed by atoms with E-state index in [1.165, 1.54) is 7.11 Å². The Hall–Kier alpha value is -1.06. The van der Waals surface area contributed by atoms with Crippen molar-refractivity contribution in [2.24, 2.45) is 11.8 Å². The number of carbonyl (C=O) groups excluding carboxylic acids is 2. The maximum absolute atomic E-state index is 12.1. The lowest BCUT2D eigenvalue weighted by molar-refractivity contribution is -0.152. The van der Waals surface area contributed by atoms with E-state index >= 15 is 0 Å². The zero-order valence-electron chi connectivity index (χ0n) is 11.3. The summed E-state index contributed by atoms with van der Waals surface area (Å²) in [4.78, 5) is 24.2. The Bertz CT molecular complexity index is 332. The third kappa shape index (κ3) is 2.68. The molecule has 0 unspecified atom stereocenters. The van der Waals surface area contributed by atoms with Gasteiger partial charge in [0.05, 0.1) is 7.11 Å². The van der Waals surface area contributed by atoms with Crippen molar-refractivity contribution in [3.63, 3.8) is 0 Å². The van der Waals surface area contributed by atoms with E-state index in [4.69, 9.17) is 4.74 Å². The first-order valence-electron chi connectivity index (χ1n) is 6.99. The van der Waals surface area contributed by atoms with Crippen LogP contribution in [0, 0.1) is 11.8 Å². The molecule has 0 saturated heterocycles. The minimum Gasteiger partial charge on any atom is -0.467 e. The molecule has 2 rings (SSSR count). The van der Waals surface area contributed by atoms with Gasteiger partial charge in [0.25, 0.3) is 0 Å². The average molecular weight is 253 g/mol. The van der Waals surface area contributed by atoms with Crippen molar-refractivity contribution < 1.29 is 14.3 Å². The molecule has 2 aliphatic carbocycles. The molecule has 0 spiro atoms. The molecule has 0 radical (unpaired) electrons. The molecule has 0 aliphatic heterocycles. The number of hydrogen-bond acceptors (Lipinski definition) is 3. The van der Waals surface area contributed by atoms with Gasteiger partial charge in [0.1, 0.15) is 5.54 Å². The van der Waals surface area contributed by atoms with Gasteiger partial charge in [-0.25, -0.2) is 4.79 Å². The van der Waals surface area contributed by atoms with Gasteiger partial charge < -0.3 is 10.1 Å². The topological polar surface area (TPSA) is 55.4 Å². The van der Waals surface area contributed by atoms with E-state index in [9.17, 15) is 9.59 Å². The number of ether oxygens (including phenoxy) is 1. The molecule has 2 atom stereocenters. The molecule has 0 heterocycles.